The Bertz CT molecular complexity index is 380. The van der Waals surface area contributed by atoms with Gasteiger partial charge >= 0.3 is 0 Å². The molecule has 2 aliphatic rings. The predicted molar refractivity (Wildman–Crippen MR) is 74.7 cm³/mol. The zero-order valence-corrected chi connectivity index (χ0v) is 12.4. The molecule has 2 rings (SSSR count). The average molecular weight is 280 g/mol. The Morgan fingerprint density at radius 2 is 1.65 bits per heavy atom. The summed E-state index contributed by atoms with van der Waals surface area (Å²) in [7, 11) is 0. The number of carbonyl (C=O) groups is 3. The average Bonchev–Trinajstić information content (AvgIpc) is 2.70. The van der Waals surface area contributed by atoms with E-state index in [0.29, 0.717) is 0 Å². The fraction of sp³-hybridized carbons (Fsp3) is 0.800. The summed E-state index contributed by atoms with van der Waals surface area (Å²) < 4.78 is 0. The summed E-state index contributed by atoms with van der Waals surface area (Å²) in [5.74, 6) is -0.841. The lowest BCUT2D eigenvalue weighted by Crippen LogP contribution is -2.44. The number of hydrogen-bond acceptors (Lipinski definition) is 3. The summed E-state index contributed by atoms with van der Waals surface area (Å²) in [5.41, 5.74) is 0. The normalized spacial score (nSPS) is 26.1. The second kappa shape index (κ2) is 6.37. The van der Waals surface area contributed by atoms with Gasteiger partial charge in [0.2, 0.25) is 17.7 Å². The maximum Gasteiger partial charge on any atom is 0.240 e. The molecule has 5 nitrogen and oxygen atoms in total. The zero-order chi connectivity index (χ0) is 14.7. The highest BCUT2D eigenvalue weighted by Gasteiger charge is 2.48. The van der Waals surface area contributed by atoms with Crippen LogP contribution >= 0.6 is 0 Å². The first-order valence-corrected chi connectivity index (χ1v) is 7.73. The van der Waals surface area contributed by atoms with Crippen LogP contribution in [0.2, 0.25) is 0 Å². The van der Waals surface area contributed by atoms with Crippen molar-refractivity contribution in [3.05, 3.63) is 0 Å². The Kier molecular flexibility index (Phi) is 4.78. The lowest BCUT2D eigenvalue weighted by molar-refractivity contribution is -0.143. The molecular weight excluding hydrogens is 256 g/mol. The lowest BCUT2D eigenvalue weighted by atomic mass is 9.81. The molecule has 1 aliphatic heterocycles. The van der Waals surface area contributed by atoms with Crippen LogP contribution in [0.3, 0.4) is 0 Å². The van der Waals surface area contributed by atoms with E-state index in [1.165, 1.54) is 4.90 Å². The topological polar surface area (TPSA) is 66.5 Å². The summed E-state index contributed by atoms with van der Waals surface area (Å²) in [6.07, 6.45) is 5.31. The molecule has 0 bridgehead atoms. The minimum Gasteiger partial charge on any atom is -0.352 e. The molecule has 0 radical (unpaired) electrons. The van der Waals surface area contributed by atoms with Crippen molar-refractivity contribution in [2.24, 2.45) is 11.8 Å². The van der Waals surface area contributed by atoms with E-state index >= 15 is 0 Å². The van der Waals surface area contributed by atoms with Crippen molar-refractivity contribution in [2.75, 3.05) is 6.54 Å². The molecule has 0 spiro atoms. The molecule has 2 fully saturated rings. The van der Waals surface area contributed by atoms with Crippen LogP contribution in [0.15, 0.2) is 0 Å². The summed E-state index contributed by atoms with van der Waals surface area (Å²) in [6, 6.07) is 0.123. The number of hydrogen-bond donors (Lipinski definition) is 1. The summed E-state index contributed by atoms with van der Waals surface area (Å²) in [5, 5.41) is 2.88. The first kappa shape index (κ1) is 15.0. The van der Waals surface area contributed by atoms with E-state index in [-0.39, 0.29) is 42.1 Å². The smallest absolute Gasteiger partial charge is 0.240 e. The van der Waals surface area contributed by atoms with Gasteiger partial charge in [-0.15, -0.1) is 0 Å². The highest BCUT2D eigenvalue weighted by atomic mass is 16.2. The number of imide groups is 1. The number of nitrogens with zero attached hydrogens (tertiary/aromatic N) is 1. The van der Waals surface area contributed by atoms with Gasteiger partial charge in [-0.3, -0.25) is 19.3 Å². The predicted octanol–water partition coefficient (Wildman–Crippen LogP) is 1.47. The van der Waals surface area contributed by atoms with E-state index in [4.69, 9.17) is 0 Å². The van der Waals surface area contributed by atoms with Gasteiger partial charge in [0.05, 0.1) is 11.8 Å². The molecule has 5 heteroatoms. The Morgan fingerprint density at radius 3 is 2.10 bits per heavy atom. The maximum absolute atomic E-state index is 12.2. The summed E-state index contributed by atoms with van der Waals surface area (Å²) >= 11 is 0. The van der Waals surface area contributed by atoms with E-state index in [2.05, 4.69) is 5.32 Å². The van der Waals surface area contributed by atoms with Crippen molar-refractivity contribution >= 4 is 17.7 Å². The molecule has 3 amide bonds. The van der Waals surface area contributed by atoms with Crippen LogP contribution in [0, 0.1) is 11.8 Å². The molecule has 1 saturated heterocycles. The first-order chi connectivity index (χ1) is 9.58. The molecular formula is C15H24N2O3. The SMILES string of the molecule is CCC(CC)NC(=O)CN1C(=O)[C@H]2CCCC[C@H]2C1=O. The number of carbonyl (C=O) groups excluding carboxylic acids is 3. The molecule has 0 unspecified atom stereocenters. The van der Waals surface area contributed by atoms with E-state index in [1.807, 2.05) is 13.8 Å². The Labute approximate surface area is 120 Å². The minimum absolute atomic E-state index is 0.110. The standard InChI is InChI=1S/C15H24N2O3/c1-3-10(4-2)16-13(18)9-17-14(19)11-7-5-6-8-12(11)15(17)20/h10-12H,3-9H2,1-2H3,(H,16,18)/t11-,12+. The van der Waals surface area contributed by atoms with Gasteiger partial charge in [0.1, 0.15) is 6.54 Å². The molecule has 2 atom stereocenters. The molecule has 112 valence electrons. The number of rotatable bonds is 5. The number of likely N-dealkylation sites (tertiary alicyclic amines) is 1. The van der Waals surface area contributed by atoms with Crippen LogP contribution in [0.5, 0.6) is 0 Å². The molecule has 1 aliphatic carbocycles. The van der Waals surface area contributed by atoms with Crippen molar-refractivity contribution in [2.45, 2.75) is 58.4 Å². The van der Waals surface area contributed by atoms with Crippen LogP contribution in [-0.2, 0) is 14.4 Å². The van der Waals surface area contributed by atoms with Gasteiger partial charge < -0.3 is 5.32 Å². The number of amides is 3. The third kappa shape index (κ3) is 2.86. The molecule has 0 aromatic heterocycles. The van der Waals surface area contributed by atoms with E-state index < -0.39 is 0 Å². The van der Waals surface area contributed by atoms with E-state index in [0.717, 1.165) is 38.5 Å². The molecule has 1 heterocycles. The van der Waals surface area contributed by atoms with Crippen LogP contribution in [0.25, 0.3) is 0 Å². The first-order valence-electron chi connectivity index (χ1n) is 7.73. The quantitative estimate of drug-likeness (QED) is 0.775. The molecule has 1 saturated carbocycles. The Balaban J connectivity index is 1.97. The van der Waals surface area contributed by atoms with Crippen molar-refractivity contribution < 1.29 is 14.4 Å². The largest absolute Gasteiger partial charge is 0.352 e. The van der Waals surface area contributed by atoms with Gasteiger partial charge in [0, 0.05) is 6.04 Å². The van der Waals surface area contributed by atoms with Crippen molar-refractivity contribution in [3.63, 3.8) is 0 Å². The molecule has 0 aromatic carbocycles. The molecule has 20 heavy (non-hydrogen) atoms. The Hall–Kier alpha value is -1.39. The highest BCUT2D eigenvalue weighted by molar-refractivity contribution is 6.07. The number of fused-ring (bicyclic) bond motifs is 1. The Morgan fingerprint density at radius 1 is 1.15 bits per heavy atom. The fourth-order valence-corrected chi connectivity index (χ4v) is 3.30. The zero-order valence-electron chi connectivity index (χ0n) is 12.4. The van der Waals surface area contributed by atoms with Crippen molar-refractivity contribution in [3.8, 4) is 0 Å². The van der Waals surface area contributed by atoms with E-state index in [1.54, 1.807) is 0 Å². The van der Waals surface area contributed by atoms with Gasteiger partial charge in [-0.05, 0) is 25.7 Å². The van der Waals surface area contributed by atoms with E-state index in [9.17, 15) is 14.4 Å². The van der Waals surface area contributed by atoms with Crippen LogP contribution < -0.4 is 5.32 Å². The lowest BCUT2D eigenvalue weighted by Gasteiger charge is -2.19. The summed E-state index contributed by atoms with van der Waals surface area (Å²) in [6.45, 7) is 3.91. The second-order valence-corrected chi connectivity index (χ2v) is 5.84. The maximum atomic E-state index is 12.2. The molecule has 0 aromatic rings. The van der Waals surface area contributed by atoms with Crippen molar-refractivity contribution in [1.82, 2.24) is 10.2 Å². The number of nitrogens with one attached hydrogen (secondary N) is 1. The fourth-order valence-electron chi connectivity index (χ4n) is 3.30. The second-order valence-electron chi connectivity index (χ2n) is 5.84. The van der Waals surface area contributed by atoms with Crippen LogP contribution in [0.4, 0.5) is 0 Å². The summed E-state index contributed by atoms with van der Waals surface area (Å²) in [4.78, 5) is 37.6. The minimum atomic E-state index is -0.223. The molecule has 1 N–H and O–H groups in total. The van der Waals surface area contributed by atoms with Crippen LogP contribution in [0.1, 0.15) is 52.4 Å². The third-order valence-electron chi connectivity index (χ3n) is 4.58. The van der Waals surface area contributed by atoms with Gasteiger partial charge in [0.15, 0.2) is 0 Å². The van der Waals surface area contributed by atoms with Gasteiger partial charge in [-0.2, -0.15) is 0 Å². The van der Waals surface area contributed by atoms with Crippen molar-refractivity contribution in [1.29, 1.82) is 0 Å². The van der Waals surface area contributed by atoms with Gasteiger partial charge in [-0.1, -0.05) is 26.7 Å². The highest BCUT2D eigenvalue weighted by Crippen LogP contribution is 2.37. The third-order valence-corrected chi connectivity index (χ3v) is 4.58. The van der Waals surface area contributed by atoms with Crippen LogP contribution in [-0.4, -0.2) is 35.2 Å². The van der Waals surface area contributed by atoms with Gasteiger partial charge in [-0.25, -0.2) is 0 Å². The van der Waals surface area contributed by atoms with Gasteiger partial charge in [0.25, 0.3) is 0 Å². The monoisotopic (exact) mass is 280 g/mol.